The van der Waals surface area contributed by atoms with Gasteiger partial charge < -0.3 is 4.74 Å². The molecular weight excluding hydrogens is 370 g/mol. The quantitative estimate of drug-likeness (QED) is 0.326. The number of aromatic nitrogens is 2. The zero-order valence-electron chi connectivity index (χ0n) is 12.5. The van der Waals surface area contributed by atoms with Crippen LogP contribution in [0.2, 0.25) is 0 Å². The summed E-state index contributed by atoms with van der Waals surface area (Å²) in [5.41, 5.74) is -0.802. The van der Waals surface area contributed by atoms with E-state index in [0.29, 0.717) is 18.4 Å². The number of H-pyrrole nitrogens is 1. The topological polar surface area (TPSA) is 184 Å². The number of nitrogens with one attached hydrogen (secondary N) is 1. The highest BCUT2D eigenvalue weighted by Gasteiger charge is 2.58. The van der Waals surface area contributed by atoms with Gasteiger partial charge in [0.25, 0.3) is 5.56 Å². The van der Waals surface area contributed by atoms with Gasteiger partial charge in [0.15, 0.2) is 0 Å². The standard InChI is InChI=1S/C10H17N2O10P2/c1-6-4-12(10(14)11-9(6)13)8-3-2-7(21-8)5-20-24(18,19)22-23(15,16)17/h4,7-8,15-19H,2-3,5H2,1H3/q+1/p+1. The van der Waals surface area contributed by atoms with Crippen LogP contribution in [-0.2, 0) is 13.6 Å². The largest absolute Gasteiger partial charge is 0.620 e. The van der Waals surface area contributed by atoms with Crippen LogP contribution < -0.4 is 11.2 Å². The van der Waals surface area contributed by atoms with Gasteiger partial charge in [0.1, 0.15) is 12.8 Å². The molecule has 136 valence electrons. The molecular formula is C10H18N2O10P2+2. The van der Waals surface area contributed by atoms with Gasteiger partial charge in [-0.3, -0.25) is 14.3 Å². The van der Waals surface area contributed by atoms with Crippen molar-refractivity contribution in [2.24, 2.45) is 0 Å². The van der Waals surface area contributed by atoms with Crippen LogP contribution >= 0.6 is 16.3 Å². The maximum atomic E-state index is 11.8. The molecule has 0 aromatic carbocycles. The maximum absolute atomic E-state index is 11.8. The molecule has 2 atom stereocenters. The van der Waals surface area contributed by atoms with Crippen LogP contribution in [0.25, 0.3) is 0 Å². The molecule has 14 heteroatoms. The smallest absolute Gasteiger partial charge is 0.352 e. The highest BCUT2D eigenvalue weighted by Crippen LogP contribution is 2.67. The molecule has 2 unspecified atom stereocenters. The van der Waals surface area contributed by atoms with Crippen LogP contribution in [0.15, 0.2) is 15.8 Å². The Hall–Kier alpha value is -0.780. The van der Waals surface area contributed by atoms with Crippen molar-refractivity contribution in [3.05, 3.63) is 32.6 Å². The van der Waals surface area contributed by atoms with Crippen LogP contribution in [0.4, 0.5) is 0 Å². The third kappa shape index (κ3) is 5.36. The fourth-order valence-electron chi connectivity index (χ4n) is 2.16. The minimum absolute atomic E-state index is 0.330. The van der Waals surface area contributed by atoms with Gasteiger partial charge in [-0.15, -0.1) is 4.52 Å². The Balaban J connectivity index is 1.95. The van der Waals surface area contributed by atoms with Crippen molar-refractivity contribution >= 4 is 16.3 Å². The monoisotopic (exact) mass is 388 g/mol. The predicted molar refractivity (Wildman–Crippen MR) is 81.2 cm³/mol. The van der Waals surface area contributed by atoms with Gasteiger partial charge in [0, 0.05) is 11.8 Å². The summed E-state index contributed by atoms with van der Waals surface area (Å²) in [6.07, 6.45) is 0.843. The van der Waals surface area contributed by atoms with E-state index in [4.69, 9.17) is 19.4 Å². The molecule has 0 bridgehead atoms. The molecule has 0 spiro atoms. The van der Waals surface area contributed by atoms with Crippen molar-refractivity contribution < 1.29 is 38.0 Å². The first kappa shape index (κ1) is 19.5. The second kappa shape index (κ2) is 7.22. The molecule has 1 aromatic rings. The molecule has 12 nitrogen and oxygen atoms in total. The molecule has 1 aliphatic heterocycles. The van der Waals surface area contributed by atoms with Crippen molar-refractivity contribution in [2.45, 2.75) is 32.1 Å². The lowest BCUT2D eigenvalue weighted by Gasteiger charge is -2.16. The molecule has 1 aromatic heterocycles. The van der Waals surface area contributed by atoms with E-state index in [-0.39, 0.29) is 6.61 Å². The number of aromatic amines is 1. The Morgan fingerprint density at radius 1 is 1.29 bits per heavy atom. The molecule has 2 rings (SSSR count). The summed E-state index contributed by atoms with van der Waals surface area (Å²) >= 11 is 0. The van der Waals surface area contributed by atoms with E-state index in [1.807, 2.05) is 0 Å². The lowest BCUT2D eigenvalue weighted by atomic mass is 10.2. The second-order valence-electron chi connectivity index (χ2n) is 5.15. The first-order valence-electron chi connectivity index (χ1n) is 6.72. The van der Waals surface area contributed by atoms with Crippen LogP contribution in [0, 0.1) is 6.92 Å². The van der Waals surface area contributed by atoms with Gasteiger partial charge >= 0.3 is 22.0 Å². The fourth-order valence-corrected chi connectivity index (χ4v) is 3.85. The third-order valence-electron chi connectivity index (χ3n) is 3.19. The molecule has 6 N–H and O–H groups in total. The van der Waals surface area contributed by atoms with Crippen LogP contribution in [0.1, 0.15) is 24.6 Å². The second-order valence-corrected chi connectivity index (χ2v) is 8.07. The van der Waals surface area contributed by atoms with E-state index >= 15 is 0 Å². The van der Waals surface area contributed by atoms with E-state index < -0.39 is 39.9 Å². The van der Waals surface area contributed by atoms with E-state index in [1.165, 1.54) is 17.7 Å². The van der Waals surface area contributed by atoms with Crippen molar-refractivity contribution in [2.75, 3.05) is 6.61 Å². The van der Waals surface area contributed by atoms with Gasteiger partial charge in [-0.2, -0.15) is 24.5 Å². The van der Waals surface area contributed by atoms with Gasteiger partial charge in [-0.25, -0.2) is 4.79 Å². The highest BCUT2D eigenvalue weighted by atomic mass is 31.3. The first-order chi connectivity index (χ1) is 11.0. The predicted octanol–water partition coefficient (Wildman–Crippen LogP) is -1.13. The number of ether oxygens (including phenoxy) is 1. The molecule has 0 amide bonds. The summed E-state index contributed by atoms with van der Waals surface area (Å²) in [4.78, 5) is 69.9. The molecule has 0 aliphatic carbocycles. The summed E-state index contributed by atoms with van der Waals surface area (Å²) in [6, 6.07) is 0. The lowest BCUT2D eigenvalue weighted by molar-refractivity contribution is -0.0275. The van der Waals surface area contributed by atoms with Gasteiger partial charge in [0.05, 0.1) is 10.4 Å². The van der Waals surface area contributed by atoms with Crippen LogP contribution in [-0.4, -0.2) is 46.7 Å². The summed E-state index contributed by atoms with van der Waals surface area (Å²) in [6.45, 7) is 1.15. The summed E-state index contributed by atoms with van der Waals surface area (Å²) < 4.78 is 15.2. The van der Waals surface area contributed by atoms with Gasteiger partial charge in [-0.1, -0.05) is 0 Å². The summed E-state index contributed by atoms with van der Waals surface area (Å²) in [7, 11) is -9.50. The van der Waals surface area contributed by atoms with Gasteiger partial charge in [0.2, 0.25) is 0 Å². The van der Waals surface area contributed by atoms with E-state index in [1.54, 1.807) is 0 Å². The van der Waals surface area contributed by atoms with Crippen molar-refractivity contribution in [1.29, 1.82) is 0 Å². The molecule has 0 radical (unpaired) electrons. The summed E-state index contributed by atoms with van der Waals surface area (Å²) in [5.74, 6) is 0. The molecule has 1 aliphatic rings. The number of rotatable bonds is 6. The number of nitrogens with zero attached hydrogens (tertiary/aromatic N) is 1. The van der Waals surface area contributed by atoms with Crippen molar-refractivity contribution in [3.63, 3.8) is 0 Å². The molecule has 1 fully saturated rings. The maximum Gasteiger partial charge on any atom is 0.620 e. The Kier molecular flexibility index (Phi) is 5.88. The minimum atomic E-state index is -4.87. The molecule has 2 heterocycles. The Bertz CT molecular complexity index is 696. The number of aryl methyl sites for hydroxylation is 1. The Morgan fingerprint density at radius 3 is 2.58 bits per heavy atom. The van der Waals surface area contributed by atoms with Gasteiger partial charge in [-0.05, 0) is 19.8 Å². The highest BCUT2D eigenvalue weighted by molar-refractivity contribution is 7.67. The van der Waals surface area contributed by atoms with Crippen molar-refractivity contribution in [1.82, 2.24) is 9.55 Å². The normalized spacial score (nSPS) is 22.1. The minimum Gasteiger partial charge on any atom is -0.352 e. The Labute approximate surface area is 136 Å². The molecule has 24 heavy (non-hydrogen) atoms. The van der Waals surface area contributed by atoms with E-state index in [2.05, 4.69) is 13.8 Å². The van der Waals surface area contributed by atoms with E-state index in [9.17, 15) is 19.4 Å². The zero-order valence-corrected chi connectivity index (χ0v) is 14.3. The van der Waals surface area contributed by atoms with E-state index in [0.717, 1.165) is 0 Å². The van der Waals surface area contributed by atoms with Crippen molar-refractivity contribution in [3.8, 4) is 0 Å². The zero-order chi connectivity index (χ0) is 18.1. The summed E-state index contributed by atoms with van der Waals surface area (Å²) in [5, 5.41) is 0. The fraction of sp³-hybridized carbons (Fsp3) is 0.600. The Morgan fingerprint density at radius 2 is 1.96 bits per heavy atom. The third-order valence-corrected chi connectivity index (χ3v) is 5.40. The first-order valence-corrected chi connectivity index (χ1v) is 9.81. The average Bonchev–Trinajstić information content (AvgIpc) is 2.87. The van der Waals surface area contributed by atoms with Crippen LogP contribution in [0.3, 0.4) is 0 Å². The number of hydrogen-bond acceptors (Lipinski definition) is 10. The lowest BCUT2D eigenvalue weighted by Crippen LogP contribution is -2.33. The molecule has 1 saturated heterocycles. The van der Waals surface area contributed by atoms with Crippen LogP contribution in [0.5, 0.6) is 0 Å². The SMILES string of the molecule is Cc1cn(C2CCC(CO[P+](O)(O)O[P+](O)(O)O)O2)c(=O)[nH]c1=O. The number of hydrogen-bond donors (Lipinski definition) is 6. The average molecular weight is 388 g/mol. The molecule has 0 saturated carbocycles.